The van der Waals surface area contributed by atoms with E-state index >= 15 is 0 Å². The molecule has 0 saturated heterocycles. The van der Waals surface area contributed by atoms with Gasteiger partial charge in [-0.25, -0.2) is 8.42 Å². The van der Waals surface area contributed by atoms with Gasteiger partial charge in [0.15, 0.2) is 5.78 Å². The number of sulfonamides is 1. The molecule has 6 heteroatoms. The molecule has 2 rings (SSSR count). The van der Waals surface area contributed by atoms with E-state index < -0.39 is 10.0 Å². The number of hydrogen-bond donors (Lipinski definition) is 1. The third kappa shape index (κ3) is 4.52. The van der Waals surface area contributed by atoms with Crippen LogP contribution in [0.2, 0.25) is 0 Å². The average molecular weight is 345 g/mol. The summed E-state index contributed by atoms with van der Waals surface area (Å²) >= 11 is 0. The van der Waals surface area contributed by atoms with Gasteiger partial charge >= 0.3 is 0 Å². The van der Waals surface area contributed by atoms with Gasteiger partial charge < -0.3 is 4.79 Å². The topological polar surface area (TPSA) is 80.3 Å². The Balaban J connectivity index is 2.24. The number of unbranched alkanes of at least 4 members (excludes halogenated alkanes) is 1. The summed E-state index contributed by atoms with van der Waals surface area (Å²) in [5.41, 5.74) is 1.51. The second-order valence-corrected chi connectivity index (χ2v) is 7.13. The van der Waals surface area contributed by atoms with E-state index in [1.165, 1.54) is 12.1 Å². The minimum atomic E-state index is -3.77. The van der Waals surface area contributed by atoms with Gasteiger partial charge in [-0.05, 0) is 37.6 Å². The van der Waals surface area contributed by atoms with E-state index in [0.29, 0.717) is 18.4 Å². The highest BCUT2D eigenvalue weighted by atomic mass is 32.2. The van der Waals surface area contributed by atoms with Gasteiger partial charge in [0.1, 0.15) is 6.29 Å². The van der Waals surface area contributed by atoms with E-state index in [2.05, 4.69) is 4.72 Å². The van der Waals surface area contributed by atoms with Gasteiger partial charge in [-0.3, -0.25) is 9.52 Å². The second-order valence-electron chi connectivity index (χ2n) is 5.45. The average Bonchev–Trinajstić information content (AvgIpc) is 2.55. The largest absolute Gasteiger partial charge is 0.303 e. The summed E-state index contributed by atoms with van der Waals surface area (Å²) in [5.74, 6) is -0.195. The molecule has 0 amide bonds. The highest BCUT2D eigenvalue weighted by Crippen LogP contribution is 2.22. The van der Waals surface area contributed by atoms with Crippen molar-refractivity contribution in [1.29, 1.82) is 0 Å². The summed E-state index contributed by atoms with van der Waals surface area (Å²) in [7, 11) is -3.77. The Hall–Kier alpha value is -2.47. The Morgan fingerprint density at radius 3 is 2.42 bits per heavy atom. The van der Waals surface area contributed by atoms with Crippen LogP contribution in [0.4, 0.5) is 5.69 Å². The SMILES string of the molecule is Cc1ccc(S(=O)(=O)Nc2ccccc2C(=O)CCCC=O)cc1. The maximum Gasteiger partial charge on any atom is 0.261 e. The van der Waals surface area contributed by atoms with Gasteiger partial charge in [0.2, 0.25) is 0 Å². The summed E-state index contributed by atoms with van der Waals surface area (Å²) < 4.78 is 27.4. The summed E-state index contributed by atoms with van der Waals surface area (Å²) in [6.45, 7) is 1.87. The van der Waals surface area contributed by atoms with Gasteiger partial charge in [0.05, 0.1) is 10.6 Å². The number of rotatable bonds is 8. The van der Waals surface area contributed by atoms with Crippen LogP contribution >= 0.6 is 0 Å². The third-order valence-electron chi connectivity index (χ3n) is 3.53. The first kappa shape index (κ1) is 17.9. The first-order chi connectivity index (χ1) is 11.4. The molecule has 0 spiro atoms. The van der Waals surface area contributed by atoms with Gasteiger partial charge in [-0.1, -0.05) is 29.8 Å². The normalized spacial score (nSPS) is 11.0. The van der Waals surface area contributed by atoms with E-state index in [-0.39, 0.29) is 22.8 Å². The molecule has 0 bridgehead atoms. The number of ketones is 1. The van der Waals surface area contributed by atoms with Crippen molar-refractivity contribution in [3.05, 3.63) is 59.7 Å². The van der Waals surface area contributed by atoms with Crippen LogP contribution in [0.5, 0.6) is 0 Å². The Morgan fingerprint density at radius 1 is 1.08 bits per heavy atom. The maximum absolute atomic E-state index is 12.5. The Morgan fingerprint density at radius 2 is 1.75 bits per heavy atom. The molecule has 0 radical (unpaired) electrons. The Bertz CT molecular complexity index is 826. The molecule has 0 aliphatic rings. The number of carbonyl (C=O) groups excluding carboxylic acids is 2. The van der Waals surface area contributed by atoms with Gasteiger partial charge in [0, 0.05) is 18.4 Å². The van der Waals surface area contributed by atoms with Crippen molar-refractivity contribution in [2.24, 2.45) is 0 Å². The number of nitrogens with one attached hydrogen (secondary N) is 1. The first-order valence-electron chi connectivity index (χ1n) is 7.59. The van der Waals surface area contributed by atoms with E-state index in [4.69, 9.17) is 0 Å². The van der Waals surface area contributed by atoms with E-state index in [1.807, 2.05) is 6.92 Å². The van der Waals surface area contributed by atoms with Crippen LogP contribution in [0.15, 0.2) is 53.4 Å². The molecule has 2 aromatic rings. The summed E-state index contributed by atoms with van der Waals surface area (Å²) in [6, 6.07) is 12.9. The lowest BCUT2D eigenvalue weighted by Gasteiger charge is -2.12. The van der Waals surface area contributed by atoms with Crippen molar-refractivity contribution in [2.75, 3.05) is 4.72 Å². The molecule has 1 N–H and O–H groups in total. The van der Waals surface area contributed by atoms with E-state index in [1.54, 1.807) is 36.4 Å². The minimum absolute atomic E-state index is 0.135. The molecule has 5 nitrogen and oxygen atoms in total. The Labute approximate surface area is 141 Å². The number of aryl methyl sites for hydroxylation is 1. The fourth-order valence-corrected chi connectivity index (χ4v) is 3.30. The Kier molecular flexibility index (Phi) is 5.87. The zero-order valence-corrected chi connectivity index (χ0v) is 14.2. The monoisotopic (exact) mass is 345 g/mol. The summed E-state index contributed by atoms with van der Waals surface area (Å²) in [6.07, 6.45) is 1.71. The number of para-hydroxylation sites is 1. The van der Waals surface area contributed by atoms with Crippen molar-refractivity contribution in [3.8, 4) is 0 Å². The third-order valence-corrected chi connectivity index (χ3v) is 4.91. The van der Waals surface area contributed by atoms with Crippen LogP contribution in [-0.2, 0) is 14.8 Å². The number of hydrogen-bond acceptors (Lipinski definition) is 4. The van der Waals surface area contributed by atoms with E-state index in [0.717, 1.165) is 11.8 Å². The molecule has 0 aliphatic carbocycles. The highest BCUT2D eigenvalue weighted by molar-refractivity contribution is 7.92. The van der Waals surface area contributed by atoms with Crippen molar-refractivity contribution < 1.29 is 18.0 Å². The predicted molar refractivity (Wildman–Crippen MR) is 92.7 cm³/mol. The van der Waals surface area contributed by atoms with Crippen molar-refractivity contribution in [1.82, 2.24) is 0 Å². The fourth-order valence-electron chi connectivity index (χ4n) is 2.22. The molecule has 0 atom stereocenters. The zero-order valence-electron chi connectivity index (χ0n) is 13.4. The van der Waals surface area contributed by atoms with Crippen LogP contribution in [0.1, 0.15) is 35.2 Å². The molecule has 24 heavy (non-hydrogen) atoms. The zero-order chi connectivity index (χ0) is 17.6. The highest BCUT2D eigenvalue weighted by Gasteiger charge is 2.18. The fraction of sp³-hybridized carbons (Fsp3) is 0.222. The van der Waals surface area contributed by atoms with Gasteiger partial charge in [-0.2, -0.15) is 0 Å². The first-order valence-corrected chi connectivity index (χ1v) is 9.08. The molecule has 0 unspecified atom stereocenters. The molecular weight excluding hydrogens is 326 g/mol. The predicted octanol–water partition coefficient (Wildman–Crippen LogP) is 3.35. The standard InChI is InChI=1S/C18H19NO4S/c1-14-9-11-15(12-10-14)24(22,23)19-17-7-3-2-6-16(17)18(21)8-4-5-13-20/h2-3,6-7,9-13,19H,4-5,8H2,1H3. The number of Topliss-reactive ketones (excluding diaryl/α,β-unsaturated/α-hetero) is 1. The summed E-state index contributed by atoms with van der Waals surface area (Å²) in [4.78, 5) is 22.7. The molecule has 0 fully saturated rings. The van der Waals surface area contributed by atoms with E-state index in [9.17, 15) is 18.0 Å². The number of benzene rings is 2. The summed E-state index contributed by atoms with van der Waals surface area (Å²) in [5, 5.41) is 0. The van der Waals surface area contributed by atoms with Gasteiger partial charge in [0.25, 0.3) is 10.0 Å². The molecular formula is C18H19NO4S. The molecule has 126 valence electrons. The van der Waals surface area contributed by atoms with Crippen molar-refractivity contribution in [3.63, 3.8) is 0 Å². The lowest BCUT2D eigenvalue weighted by molar-refractivity contribution is -0.107. The van der Waals surface area contributed by atoms with Crippen molar-refractivity contribution >= 4 is 27.8 Å². The number of anilines is 1. The number of carbonyl (C=O) groups is 2. The van der Waals surface area contributed by atoms with Crippen LogP contribution in [-0.4, -0.2) is 20.5 Å². The number of aldehydes is 1. The lowest BCUT2D eigenvalue weighted by atomic mass is 10.0. The van der Waals surface area contributed by atoms with Crippen LogP contribution in [0, 0.1) is 6.92 Å². The maximum atomic E-state index is 12.5. The molecule has 0 saturated carbocycles. The van der Waals surface area contributed by atoms with Crippen LogP contribution < -0.4 is 4.72 Å². The lowest BCUT2D eigenvalue weighted by Crippen LogP contribution is -2.15. The van der Waals surface area contributed by atoms with Gasteiger partial charge in [-0.15, -0.1) is 0 Å². The molecule has 0 aromatic heterocycles. The molecule has 2 aromatic carbocycles. The second kappa shape index (κ2) is 7.88. The van der Waals surface area contributed by atoms with Crippen LogP contribution in [0.25, 0.3) is 0 Å². The van der Waals surface area contributed by atoms with Crippen molar-refractivity contribution in [2.45, 2.75) is 31.1 Å². The minimum Gasteiger partial charge on any atom is -0.303 e. The van der Waals surface area contributed by atoms with Crippen LogP contribution in [0.3, 0.4) is 0 Å². The molecule has 0 aliphatic heterocycles. The molecule has 0 heterocycles. The quantitative estimate of drug-likeness (QED) is 0.452. The smallest absolute Gasteiger partial charge is 0.261 e.